The van der Waals surface area contributed by atoms with Crippen LogP contribution in [-0.4, -0.2) is 25.5 Å². The van der Waals surface area contributed by atoms with Crippen LogP contribution in [0, 0.1) is 5.92 Å². The molecular weight excluding hydrogens is 128 g/mol. The maximum atomic E-state index is 11.0. The Morgan fingerprint density at radius 2 is 2.50 bits per heavy atom. The largest absolute Gasteiger partial charge is 0.356 e. The third kappa shape index (κ3) is 1.29. The van der Waals surface area contributed by atoms with Gasteiger partial charge in [0.1, 0.15) is 0 Å². The third-order valence-electron chi connectivity index (χ3n) is 2.15. The lowest BCUT2D eigenvalue weighted by Crippen LogP contribution is -2.35. The number of carbonyl (C=O) groups excluding carboxylic acids is 1. The van der Waals surface area contributed by atoms with Crippen molar-refractivity contribution in [2.75, 3.05) is 13.6 Å². The van der Waals surface area contributed by atoms with Gasteiger partial charge < -0.3 is 10.6 Å². The van der Waals surface area contributed by atoms with Gasteiger partial charge in [0.05, 0.1) is 5.92 Å². The molecule has 1 heterocycles. The minimum atomic E-state index is 0.185. The molecule has 0 radical (unpaired) electrons. The van der Waals surface area contributed by atoms with Gasteiger partial charge in [-0.05, 0) is 20.4 Å². The highest BCUT2D eigenvalue weighted by Gasteiger charge is 2.27. The van der Waals surface area contributed by atoms with Crippen LogP contribution in [0.2, 0.25) is 0 Å². The lowest BCUT2D eigenvalue weighted by Gasteiger charge is -2.14. The molecule has 10 heavy (non-hydrogen) atoms. The molecule has 0 aromatic rings. The number of hydrogen-bond donors (Lipinski definition) is 2. The Morgan fingerprint density at radius 1 is 1.80 bits per heavy atom. The third-order valence-corrected chi connectivity index (χ3v) is 2.15. The van der Waals surface area contributed by atoms with E-state index in [9.17, 15) is 4.79 Å². The van der Waals surface area contributed by atoms with Crippen molar-refractivity contribution in [1.29, 1.82) is 0 Å². The fraction of sp³-hybridized carbons (Fsp3) is 0.857. The second kappa shape index (κ2) is 3.01. The number of carbonyl (C=O) groups is 1. The van der Waals surface area contributed by atoms with Crippen LogP contribution in [-0.2, 0) is 4.79 Å². The minimum Gasteiger partial charge on any atom is -0.356 e. The molecule has 3 nitrogen and oxygen atoms in total. The number of nitrogens with one attached hydrogen (secondary N) is 2. The average molecular weight is 142 g/mol. The van der Waals surface area contributed by atoms with E-state index in [0.717, 1.165) is 13.0 Å². The van der Waals surface area contributed by atoms with E-state index in [4.69, 9.17) is 0 Å². The Morgan fingerprint density at radius 3 is 2.90 bits per heavy atom. The molecule has 58 valence electrons. The van der Waals surface area contributed by atoms with E-state index in [1.165, 1.54) is 0 Å². The Labute approximate surface area is 61.2 Å². The number of hydrogen-bond acceptors (Lipinski definition) is 2. The second-order valence-electron chi connectivity index (χ2n) is 2.76. The van der Waals surface area contributed by atoms with Crippen LogP contribution in [0.1, 0.15) is 13.3 Å². The summed E-state index contributed by atoms with van der Waals surface area (Å²) in [6, 6.07) is 0.308. The zero-order valence-corrected chi connectivity index (χ0v) is 6.48. The van der Waals surface area contributed by atoms with Crippen molar-refractivity contribution in [3.8, 4) is 0 Å². The lowest BCUT2D eigenvalue weighted by molar-refractivity contribution is -0.123. The summed E-state index contributed by atoms with van der Waals surface area (Å²) in [6.07, 6.45) is 0.973. The van der Waals surface area contributed by atoms with E-state index in [1.807, 2.05) is 14.0 Å². The predicted octanol–water partition coefficient (Wildman–Crippen LogP) is -0.270. The SMILES string of the molecule is CN[C@@H](C)[C@H]1CCNC1=O. The summed E-state index contributed by atoms with van der Waals surface area (Å²) >= 11 is 0. The van der Waals surface area contributed by atoms with Gasteiger partial charge in [-0.15, -0.1) is 0 Å². The molecule has 1 aliphatic rings. The molecule has 0 aliphatic carbocycles. The smallest absolute Gasteiger partial charge is 0.224 e. The van der Waals surface area contributed by atoms with Gasteiger partial charge in [0.25, 0.3) is 0 Å². The first-order valence-corrected chi connectivity index (χ1v) is 3.70. The fourth-order valence-corrected chi connectivity index (χ4v) is 1.29. The van der Waals surface area contributed by atoms with Gasteiger partial charge in [-0.25, -0.2) is 0 Å². The number of amides is 1. The maximum Gasteiger partial charge on any atom is 0.224 e. The van der Waals surface area contributed by atoms with E-state index in [0.29, 0.717) is 6.04 Å². The van der Waals surface area contributed by atoms with Gasteiger partial charge in [-0.1, -0.05) is 0 Å². The molecule has 1 amide bonds. The molecule has 1 saturated heterocycles. The Balaban J connectivity index is 2.46. The van der Waals surface area contributed by atoms with E-state index < -0.39 is 0 Å². The maximum absolute atomic E-state index is 11.0. The summed E-state index contributed by atoms with van der Waals surface area (Å²) in [5, 5.41) is 5.88. The van der Waals surface area contributed by atoms with Crippen LogP contribution >= 0.6 is 0 Å². The van der Waals surface area contributed by atoms with Crippen LogP contribution in [0.5, 0.6) is 0 Å². The van der Waals surface area contributed by atoms with Crippen molar-refractivity contribution < 1.29 is 4.79 Å². The van der Waals surface area contributed by atoms with Crippen LogP contribution < -0.4 is 10.6 Å². The van der Waals surface area contributed by atoms with Gasteiger partial charge in [0.15, 0.2) is 0 Å². The van der Waals surface area contributed by atoms with Gasteiger partial charge in [0, 0.05) is 12.6 Å². The van der Waals surface area contributed by atoms with E-state index >= 15 is 0 Å². The monoisotopic (exact) mass is 142 g/mol. The zero-order valence-electron chi connectivity index (χ0n) is 6.48. The predicted molar refractivity (Wildman–Crippen MR) is 39.6 cm³/mol. The minimum absolute atomic E-state index is 0.185. The van der Waals surface area contributed by atoms with Gasteiger partial charge in [0.2, 0.25) is 5.91 Å². The van der Waals surface area contributed by atoms with Crippen LogP contribution in [0.3, 0.4) is 0 Å². The van der Waals surface area contributed by atoms with E-state index in [-0.39, 0.29) is 11.8 Å². The standard InChI is InChI=1S/C7H14N2O/c1-5(8-2)6-3-4-9-7(6)10/h5-6,8H,3-4H2,1-2H3,(H,9,10)/t5-,6+/m0/s1. The van der Waals surface area contributed by atoms with Gasteiger partial charge in [-0.3, -0.25) is 4.79 Å². The molecule has 2 atom stereocenters. The summed E-state index contributed by atoms with van der Waals surface area (Å²) in [5.41, 5.74) is 0. The normalized spacial score (nSPS) is 28.2. The zero-order chi connectivity index (χ0) is 7.56. The summed E-state index contributed by atoms with van der Waals surface area (Å²) in [5.74, 6) is 0.381. The second-order valence-corrected chi connectivity index (χ2v) is 2.76. The first-order chi connectivity index (χ1) is 4.75. The molecule has 0 saturated carbocycles. The Hall–Kier alpha value is -0.570. The van der Waals surface area contributed by atoms with Crippen LogP contribution in [0.15, 0.2) is 0 Å². The van der Waals surface area contributed by atoms with Crippen molar-refractivity contribution >= 4 is 5.91 Å². The number of rotatable bonds is 2. The summed E-state index contributed by atoms with van der Waals surface area (Å²) in [7, 11) is 1.89. The molecule has 0 aromatic carbocycles. The first kappa shape index (κ1) is 7.54. The molecule has 2 N–H and O–H groups in total. The van der Waals surface area contributed by atoms with Crippen molar-refractivity contribution in [1.82, 2.24) is 10.6 Å². The van der Waals surface area contributed by atoms with E-state index in [2.05, 4.69) is 10.6 Å². The highest BCUT2D eigenvalue weighted by Crippen LogP contribution is 2.12. The Kier molecular flexibility index (Phi) is 2.27. The van der Waals surface area contributed by atoms with Gasteiger partial charge >= 0.3 is 0 Å². The molecule has 1 aliphatic heterocycles. The molecule has 3 heteroatoms. The summed E-state index contributed by atoms with van der Waals surface area (Å²) in [4.78, 5) is 11.0. The average Bonchev–Trinajstić information content (AvgIpc) is 2.34. The fourth-order valence-electron chi connectivity index (χ4n) is 1.29. The van der Waals surface area contributed by atoms with Crippen molar-refractivity contribution in [2.45, 2.75) is 19.4 Å². The Bertz CT molecular complexity index is 136. The molecule has 0 unspecified atom stereocenters. The van der Waals surface area contributed by atoms with Crippen LogP contribution in [0.4, 0.5) is 0 Å². The van der Waals surface area contributed by atoms with Crippen LogP contribution in [0.25, 0.3) is 0 Å². The topological polar surface area (TPSA) is 41.1 Å². The quantitative estimate of drug-likeness (QED) is 0.557. The molecule has 1 fully saturated rings. The molecular formula is C7H14N2O. The summed E-state index contributed by atoms with van der Waals surface area (Å²) < 4.78 is 0. The molecule has 0 aromatic heterocycles. The van der Waals surface area contributed by atoms with E-state index in [1.54, 1.807) is 0 Å². The molecule has 0 spiro atoms. The van der Waals surface area contributed by atoms with Crippen molar-refractivity contribution in [3.05, 3.63) is 0 Å². The molecule has 0 bridgehead atoms. The van der Waals surface area contributed by atoms with Crippen molar-refractivity contribution in [2.24, 2.45) is 5.92 Å². The highest BCUT2D eigenvalue weighted by molar-refractivity contribution is 5.81. The lowest BCUT2D eigenvalue weighted by atomic mass is 10.0. The molecule has 1 rings (SSSR count). The van der Waals surface area contributed by atoms with Gasteiger partial charge in [-0.2, -0.15) is 0 Å². The van der Waals surface area contributed by atoms with Crippen molar-refractivity contribution in [3.63, 3.8) is 0 Å². The highest BCUT2D eigenvalue weighted by atomic mass is 16.2. The first-order valence-electron chi connectivity index (χ1n) is 3.70. The summed E-state index contributed by atoms with van der Waals surface area (Å²) in [6.45, 7) is 2.88.